The second-order valence-electron chi connectivity index (χ2n) is 6.74. The highest BCUT2D eigenvalue weighted by atomic mass is 16.3. The Kier molecular flexibility index (Phi) is 6.01. The lowest BCUT2D eigenvalue weighted by Crippen LogP contribution is -2.31. The van der Waals surface area contributed by atoms with Crippen molar-refractivity contribution in [2.75, 3.05) is 27.2 Å². The maximum Gasteiger partial charge on any atom is 0.287 e. The van der Waals surface area contributed by atoms with Crippen LogP contribution < -0.4 is 10.7 Å². The predicted octanol–water partition coefficient (Wildman–Crippen LogP) is 2.71. The Morgan fingerprint density at radius 1 is 1.00 bits per heavy atom. The van der Waals surface area contributed by atoms with Gasteiger partial charge in [-0.2, -0.15) is 0 Å². The molecular weight excluding hydrogens is 356 g/mol. The summed E-state index contributed by atoms with van der Waals surface area (Å²) in [6, 6.07) is 15.0. The highest BCUT2D eigenvalue weighted by Crippen LogP contribution is 2.18. The van der Waals surface area contributed by atoms with E-state index in [0.29, 0.717) is 12.1 Å². The van der Waals surface area contributed by atoms with Crippen LogP contribution in [0, 0.1) is 0 Å². The molecule has 0 bridgehead atoms. The van der Waals surface area contributed by atoms with Crippen molar-refractivity contribution >= 4 is 22.7 Å². The van der Waals surface area contributed by atoms with Gasteiger partial charge in [0.25, 0.3) is 5.91 Å². The third kappa shape index (κ3) is 4.18. The lowest BCUT2D eigenvalue weighted by Gasteiger charge is -2.11. The molecule has 0 spiro atoms. The van der Waals surface area contributed by atoms with Crippen molar-refractivity contribution < 1.29 is 14.0 Å². The minimum Gasteiger partial charge on any atom is -0.450 e. The number of carbonyl (C=O) groups excluding carboxylic acids is 2. The van der Waals surface area contributed by atoms with Gasteiger partial charge in [0.15, 0.2) is 0 Å². The van der Waals surface area contributed by atoms with Crippen LogP contribution in [-0.4, -0.2) is 43.8 Å². The van der Waals surface area contributed by atoms with Crippen LogP contribution in [-0.2, 0) is 0 Å². The summed E-state index contributed by atoms with van der Waals surface area (Å²) in [6.45, 7) is 1.21. The summed E-state index contributed by atoms with van der Waals surface area (Å²) in [7, 11) is 3.89. The number of carbonyl (C=O) groups is 2. The standard InChI is InChI=1S/C22H22N2O4/c1-24(2)14-8-13-23-22(27)21-18(19(25)15-9-4-3-5-10-15)20(26)16-11-6-7-12-17(16)28-21/h3-7,9-12H,8,13-14H2,1-2H3,(H,23,27). The highest BCUT2D eigenvalue weighted by molar-refractivity contribution is 6.15. The average molecular weight is 378 g/mol. The number of rotatable bonds is 7. The Bertz CT molecular complexity index is 1060. The van der Waals surface area contributed by atoms with E-state index in [9.17, 15) is 14.4 Å². The van der Waals surface area contributed by atoms with Gasteiger partial charge in [0.2, 0.25) is 17.0 Å². The third-order valence-electron chi connectivity index (χ3n) is 4.33. The van der Waals surface area contributed by atoms with Crippen molar-refractivity contribution in [3.63, 3.8) is 0 Å². The second-order valence-corrected chi connectivity index (χ2v) is 6.74. The van der Waals surface area contributed by atoms with E-state index >= 15 is 0 Å². The van der Waals surface area contributed by atoms with Gasteiger partial charge in [-0.1, -0.05) is 42.5 Å². The van der Waals surface area contributed by atoms with E-state index < -0.39 is 17.1 Å². The number of ketones is 1. The minimum absolute atomic E-state index is 0.241. The van der Waals surface area contributed by atoms with E-state index in [1.807, 2.05) is 19.0 Å². The second kappa shape index (κ2) is 8.63. The molecule has 0 aliphatic heterocycles. The molecule has 0 unspecified atom stereocenters. The van der Waals surface area contributed by atoms with E-state index in [1.165, 1.54) is 0 Å². The van der Waals surface area contributed by atoms with E-state index in [2.05, 4.69) is 5.32 Å². The number of para-hydroxylation sites is 1. The first kappa shape index (κ1) is 19.5. The Morgan fingerprint density at radius 2 is 1.68 bits per heavy atom. The molecule has 6 nitrogen and oxygen atoms in total. The molecule has 1 aromatic heterocycles. The van der Waals surface area contributed by atoms with Crippen LogP contribution >= 0.6 is 0 Å². The summed E-state index contributed by atoms with van der Waals surface area (Å²) in [6.07, 6.45) is 0.735. The van der Waals surface area contributed by atoms with Gasteiger partial charge in [-0.05, 0) is 39.2 Å². The summed E-state index contributed by atoms with van der Waals surface area (Å²) in [4.78, 5) is 40.8. The van der Waals surface area contributed by atoms with Crippen LogP contribution in [0.2, 0.25) is 0 Å². The molecule has 0 atom stereocenters. The molecule has 6 heteroatoms. The Morgan fingerprint density at radius 3 is 2.39 bits per heavy atom. The van der Waals surface area contributed by atoms with Crippen LogP contribution in [0.25, 0.3) is 11.0 Å². The van der Waals surface area contributed by atoms with Gasteiger partial charge in [-0.15, -0.1) is 0 Å². The zero-order chi connectivity index (χ0) is 20.1. The smallest absolute Gasteiger partial charge is 0.287 e. The Labute approximate surface area is 162 Å². The topological polar surface area (TPSA) is 79.6 Å². The first-order valence-electron chi connectivity index (χ1n) is 9.07. The van der Waals surface area contributed by atoms with Crippen LogP contribution in [0.15, 0.2) is 63.8 Å². The summed E-state index contributed by atoms with van der Waals surface area (Å²) >= 11 is 0. The van der Waals surface area contributed by atoms with Gasteiger partial charge < -0.3 is 14.6 Å². The largest absolute Gasteiger partial charge is 0.450 e. The third-order valence-corrected chi connectivity index (χ3v) is 4.33. The molecule has 0 fully saturated rings. The molecule has 28 heavy (non-hydrogen) atoms. The number of nitrogens with one attached hydrogen (secondary N) is 1. The molecule has 1 heterocycles. The van der Waals surface area contributed by atoms with Gasteiger partial charge in [-0.3, -0.25) is 14.4 Å². The SMILES string of the molecule is CN(C)CCCNC(=O)c1oc2ccccc2c(=O)c1C(=O)c1ccccc1. The molecule has 2 aromatic carbocycles. The summed E-state index contributed by atoms with van der Waals surface area (Å²) in [5, 5.41) is 3.01. The molecule has 0 radical (unpaired) electrons. The maximum atomic E-state index is 13.0. The van der Waals surface area contributed by atoms with Crippen molar-refractivity contribution in [3.05, 3.63) is 81.7 Å². The molecular formula is C22H22N2O4. The van der Waals surface area contributed by atoms with Crippen molar-refractivity contribution in [2.45, 2.75) is 6.42 Å². The fourth-order valence-corrected chi connectivity index (χ4v) is 2.92. The monoisotopic (exact) mass is 378 g/mol. The van der Waals surface area contributed by atoms with Crippen molar-refractivity contribution in [1.29, 1.82) is 0 Å². The predicted molar refractivity (Wildman–Crippen MR) is 108 cm³/mol. The molecule has 0 aliphatic carbocycles. The Hall–Kier alpha value is -3.25. The molecule has 3 rings (SSSR count). The summed E-state index contributed by atoms with van der Waals surface area (Å²) in [5.74, 6) is -1.35. The average Bonchev–Trinajstić information content (AvgIpc) is 2.71. The van der Waals surface area contributed by atoms with Crippen LogP contribution in [0.4, 0.5) is 0 Å². The van der Waals surface area contributed by atoms with E-state index in [4.69, 9.17) is 4.42 Å². The summed E-state index contributed by atoms with van der Waals surface area (Å²) < 4.78 is 5.71. The van der Waals surface area contributed by atoms with Crippen molar-refractivity contribution in [3.8, 4) is 0 Å². The zero-order valence-electron chi connectivity index (χ0n) is 15.9. The molecule has 1 amide bonds. The zero-order valence-corrected chi connectivity index (χ0v) is 15.9. The molecule has 0 saturated carbocycles. The minimum atomic E-state index is -0.569. The first-order valence-corrected chi connectivity index (χ1v) is 9.07. The van der Waals surface area contributed by atoms with Gasteiger partial charge in [0.1, 0.15) is 11.1 Å². The molecule has 1 N–H and O–H groups in total. The quantitative estimate of drug-likeness (QED) is 0.505. The normalized spacial score (nSPS) is 11.0. The fourth-order valence-electron chi connectivity index (χ4n) is 2.92. The van der Waals surface area contributed by atoms with Crippen LogP contribution in [0.5, 0.6) is 0 Å². The van der Waals surface area contributed by atoms with Gasteiger partial charge in [0, 0.05) is 12.1 Å². The van der Waals surface area contributed by atoms with Crippen molar-refractivity contribution in [2.24, 2.45) is 0 Å². The number of hydrogen-bond acceptors (Lipinski definition) is 5. The number of amides is 1. The molecule has 144 valence electrons. The van der Waals surface area contributed by atoms with Gasteiger partial charge >= 0.3 is 0 Å². The lowest BCUT2D eigenvalue weighted by atomic mass is 10.00. The molecule has 0 saturated heterocycles. The summed E-state index contributed by atoms with van der Waals surface area (Å²) in [5.41, 5.74) is -0.147. The van der Waals surface area contributed by atoms with E-state index in [-0.39, 0.29) is 22.3 Å². The fraction of sp³-hybridized carbons (Fsp3) is 0.227. The van der Waals surface area contributed by atoms with Crippen molar-refractivity contribution in [1.82, 2.24) is 10.2 Å². The number of nitrogens with zero attached hydrogens (tertiary/aromatic N) is 1. The van der Waals surface area contributed by atoms with E-state index in [1.54, 1.807) is 54.6 Å². The Balaban J connectivity index is 2.03. The van der Waals surface area contributed by atoms with Gasteiger partial charge in [0.05, 0.1) is 5.39 Å². The first-order chi connectivity index (χ1) is 13.5. The van der Waals surface area contributed by atoms with Gasteiger partial charge in [-0.25, -0.2) is 0 Å². The highest BCUT2D eigenvalue weighted by Gasteiger charge is 2.26. The number of benzene rings is 2. The van der Waals surface area contributed by atoms with E-state index in [0.717, 1.165) is 13.0 Å². The molecule has 0 aliphatic rings. The lowest BCUT2D eigenvalue weighted by molar-refractivity contribution is 0.0912. The number of fused-ring (bicyclic) bond motifs is 1. The van der Waals surface area contributed by atoms with Crippen LogP contribution in [0.1, 0.15) is 32.9 Å². The molecule has 3 aromatic rings. The maximum absolute atomic E-state index is 13.0. The van der Waals surface area contributed by atoms with Crippen LogP contribution in [0.3, 0.4) is 0 Å². The number of hydrogen-bond donors (Lipinski definition) is 1.